The second-order valence-corrected chi connectivity index (χ2v) is 6.86. The summed E-state index contributed by atoms with van der Waals surface area (Å²) in [5.41, 5.74) is -4.92. The Morgan fingerprint density at radius 1 is 1.15 bits per heavy atom. The predicted octanol–water partition coefficient (Wildman–Crippen LogP) is 0.365. The molecule has 2 aliphatic rings. The average molecular weight is 282 g/mol. The van der Waals surface area contributed by atoms with Crippen molar-refractivity contribution >= 4 is 11.6 Å². The number of ketones is 2. The van der Waals surface area contributed by atoms with Crippen molar-refractivity contribution in [2.45, 2.75) is 51.2 Å². The van der Waals surface area contributed by atoms with E-state index in [2.05, 4.69) is 0 Å². The zero-order valence-electron chi connectivity index (χ0n) is 12.1. The summed E-state index contributed by atoms with van der Waals surface area (Å²) in [6, 6.07) is 0. The topological polar surface area (TPSA) is 94.8 Å². The fraction of sp³-hybridized carbons (Fsp3) is 0.733. The van der Waals surface area contributed by atoms with E-state index in [-0.39, 0.29) is 12.8 Å². The summed E-state index contributed by atoms with van der Waals surface area (Å²) < 4.78 is 0. The highest BCUT2D eigenvalue weighted by Gasteiger charge is 2.64. The predicted molar refractivity (Wildman–Crippen MR) is 71.9 cm³/mol. The minimum absolute atomic E-state index is 0.0447. The summed E-state index contributed by atoms with van der Waals surface area (Å²) >= 11 is 0. The Bertz CT molecular complexity index is 490. The minimum Gasteiger partial charge on any atom is -0.393 e. The van der Waals surface area contributed by atoms with Crippen molar-refractivity contribution in [2.24, 2.45) is 10.8 Å². The molecular formula is C15H22O5. The number of aliphatic hydroxyl groups excluding tert-OH is 1. The molecule has 5 heteroatoms. The molecule has 1 spiro atoms. The van der Waals surface area contributed by atoms with Crippen LogP contribution in [0.15, 0.2) is 12.2 Å². The highest BCUT2D eigenvalue weighted by Crippen LogP contribution is 2.59. The second-order valence-electron chi connectivity index (χ2n) is 6.86. The molecule has 1 saturated carbocycles. The molecule has 0 aromatic carbocycles. The monoisotopic (exact) mass is 282 g/mol. The molecule has 2 rings (SSSR count). The Morgan fingerprint density at radius 2 is 1.75 bits per heavy atom. The van der Waals surface area contributed by atoms with Crippen molar-refractivity contribution < 1.29 is 24.9 Å². The zero-order valence-corrected chi connectivity index (χ0v) is 12.1. The lowest BCUT2D eigenvalue weighted by Gasteiger charge is -2.58. The lowest BCUT2D eigenvalue weighted by atomic mass is 9.47. The van der Waals surface area contributed by atoms with Gasteiger partial charge in [-0.25, -0.2) is 0 Å². The first-order valence-electron chi connectivity index (χ1n) is 6.85. The van der Waals surface area contributed by atoms with Crippen LogP contribution in [-0.2, 0) is 9.59 Å². The summed E-state index contributed by atoms with van der Waals surface area (Å²) in [6.07, 6.45) is 3.31. The molecule has 1 fully saturated rings. The molecular weight excluding hydrogens is 260 g/mol. The molecule has 0 aliphatic heterocycles. The lowest BCUT2D eigenvalue weighted by molar-refractivity contribution is -0.188. The molecule has 2 aliphatic carbocycles. The van der Waals surface area contributed by atoms with Gasteiger partial charge in [-0.05, 0) is 31.3 Å². The SMILES string of the molecule is CC1(C)C=CC(=O)C(C)(O)[C@]12CCC(O)(CO)C(=O)C2. The number of hydrogen-bond acceptors (Lipinski definition) is 5. The van der Waals surface area contributed by atoms with Gasteiger partial charge in [0.1, 0.15) is 11.2 Å². The largest absolute Gasteiger partial charge is 0.393 e. The summed E-state index contributed by atoms with van der Waals surface area (Å²) in [4.78, 5) is 24.3. The van der Waals surface area contributed by atoms with Crippen LogP contribution in [0.1, 0.15) is 40.0 Å². The third-order valence-corrected chi connectivity index (χ3v) is 5.50. The summed E-state index contributed by atoms with van der Waals surface area (Å²) in [5.74, 6) is -0.929. The number of hydrogen-bond donors (Lipinski definition) is 3. The van der Waals surface area contributed by atoms with Crippen LogP contribution in [0.4, 0.5) is 0 Å². The fourth-order valence-electron chi connectivity index (χ4n) is 3.69. The molecule has 0 saturated heterocycles. The van der Waals surface area contributed by atoms with Crippen LogP contribution in [0.25, 0.3) is 0 Å². The highest BCUT2D eigenvalue weighted by atomic mass is 16.3. The standard InChI is InChI=1S/C15H22O5/c1-12(2)5-4-10(17)13(3,19)15(12)7-6-14(20,9-16)11(18)8-15/h4-5,16,19-20H,6-9H2,1-3H3/t13?,14?,15-/m0/s1. The van der Waals surface area contributed by atoms with E-state index in [0.717, 1.165) is 0 Å². The van der Waals surface area contributed by atoms with E-state index < -0.39 is 40.2 Å². The Kier molecular flexibility index (Phi) is 3.24. The van der Waals surface area contributed by atoms with Crippen molar-refractivity contribution in [3.8, 4) is 0 Å². The van der Waals surface area contributed by atoms with Crippen LogP contribution in [0.2, 0.25) is 0 Å². The lowest BCUT2D eigenvalue weighted by Crippen LogP contribution is -2.65. The van der Waals surface area contributed by atoms with Gasteiger partial charge in [-0.2, -0.15) is 0 Å². The van der Waals surface area contributed by atoms with Gasteiger partial charge in [0.2, 0.25) is 0 Å². The van der Waals surface area contributed by atoms with E-state index in [1.807, 2.05) is 13.8 Å². The quantitative estimate of drug-likeness (QED) is 0.645. The van der Waals surface area contributed by atoms with E-state index in [4.69, 9.17) is 0 Å². The van der Waals surface area contributed by atoms with Crippen molar-refractivity contribution in [3.63, 3.8) is 0 Å². The Hall–Kier alpha value is -1.04. The van der Waals surface area contributed by atoms with Crippen LogP contribution in [0.3, 0.4) is 0 Å². The number of Topliss-reactive ketones (excluding diaryl/α,β-unsaturated/α-hetero) is 1. The highest BCUT2D eigenvalue weighted by molar-refractivity contribution is 6.00. The van der Waals surface area contributed by atoms with Gasteiger partial charge in [0.15, 0.2) is 11.6 Å². The molecule has 0 heterocycles. The van der Waals surface area contributed by atoms with Crippen LogP contribution in [0.5, 0.6) is 0 Å². The van der Waals surface area contributed by atoms with Gasteiger partial charge in [-0.3, -0.25) is 9.59 Å². The molecule has 0 aromatic rings. The summed E-state index contributed by atoms with van der Waals surface area (Å²) in [6.45, 7) is 4.56. The first kappa shape index (κ1) is 15.4. The maximum absolute atomic E-state index is 12.2. The fourth-order valence-corrected chi connectivity index (χ4v) is 3.69. The van der Waals surface area contributed by atoms with Crippen LogP contribution >= 0.6 is 0 Å². The first-order valence-corrected chi connectivity index (χ1v) is 6.85. The molecule has 0 aromatic heterocycles. The average Bonchev–Trinajstić information content (AvgIpc) is 2.37. The molecule has 20 heavy (non-hydrogen) atoms. The molecule has 0 bridgehead atoms. The van der Waals surface area contributed by atoms with Crippen molar-refractivity contribution in [1.29, 1.82) is 0 Å². The van der Waals surface area contributed by atoms with E-state index in [9.17, 15) is 24.9 Å². The number of aliphatic hydroxyl groups is 3. The van der Waals surface area contributed by atoms with Gasteiger partial charge in [0, 0.05) is 11.8 Å². The van der Waals surface area contributed by atoms with Gasteiger partial charge in [-0.15, -0.1) is 0 Å². The Balaban J connectivity index is 2.51. The number of rotatable bonds is 1. The van der Waals surface area contributed by atoms with Gasteiger partial charge in [0.05, 0.1) is 6.61 Å². The van der Waals surface area contributed by atoms with Crippen LogP contribution in [0, 0.1) is 10.8 Å². The van der Waals surface area contributed by atoms with Crippen molar-refractivity contribution in [3.05, 3.63) is 12.2 Å². The second kappa shape index (κ2) is 4.23. The number of carbonyl (C=O) groups excluding carboxylic acids is 2. The number of carbonyl (C=O) groups is 2. The van der Waals surface area contributed by atoms with Crippen molar-refractivity contribution in [1.82, 2.24) is 0 Å². The molecule has 112 valence electrons. The number of allylic oxidation sites excluding steroid dienone is 1. The normalized spacial score (nSPS) is 44.1. The maximum Gasteiger partial charge on any atom is 0.187 e. The Morgan fingerprint density at radius 3 is 2.25 bits per heavy atom. The van der Waals surface area contributed by atoms with Crippen molar-refractivity contribution in [2.75, 3.05) is 6.61 Å². The van der Waals surface area contributed by atoms with Gasteiger partial charge in [0.25, 0.3) is 0 Å². The maximum atomic E-state index is 12.2. The molecule has 3 atom stereocenters. The third kappa shape index (κ3) is 1.73. The summed E-state index contributed by atoms with van der Waals surface area (Å²) in [5, 5.41) is 30.0. The van der Waals surface area contributed by atoms with Gasteiger partial charge < -0.3 is 15.3 Å². The molecule has 5 nitrogen and oxygen atoms in total. The zero-order chi connectivity index (χ0) is 15.4. The van der Waals surface area contributed by atoms with Gasteiger partial charge in [-0.1, -0.05) is 19.9 Å². The van der Waals surface area contributed by atoms with E-state index in [0.29, 0.717) is 6.42 Å². The minimum atomic E-state index is -1.75. The van der Waals surface area contributed by atoms with Crippen LogP contribution < -0.4 is 0 Å². The third-order valence-electron chi connectivity index (χ3n) is 5.50. The van der Waals surface area contributed by atoms with Crippen LogP contribution in [-0.4, -0.2) is 44.7 Å². The summed E-state index contributed by atoms with van der Waals surface area (Å²) in [7, 11) is 0. The van der Waals surface area contributed by atoms with E-state index in [1.54, 1.807) is 6.08 Å². The molecule has 3 N–H and O–H groups in total. The van der Waals surface area contributed by atoms with Gasteiger partial charge >= 0.3 is 0 Å². The smallest absolute Gasteiger partial charge is 0.187 e. The first-order chi connectivity index (χ1) is 9.02. The molecule has 2 unspecified atom stereocenters. The van der Waals surface area contributed by atoms with E-state index >= 15 is 0 Å². The van der Waals surface area contributed by atoms with E-state index in [1.165, 1.54) is 13.0 Å². The molecule has 0 radical (unpaired) electrons. The Labute approximate surface area is 118 Å². The molecule has 0 amide bonds.